The molecule has 6 aliphatic rings. The van der Waals surface area contributed by atoms with Crippen molar-refractivity contribution in [3.63, 3.8) is 0 Å². The first-order valence-corrected chi connectivity index (χ1v) is 31.0. The highest BCUT2D eigenvalue weighted by Crippen LogP contribution is 2.48. The van der Waals surface area contributed by atoms with Crippen LogP contribution in [-0.2, 0) is 30.4 Å². The Balaban J connectivity index is 0.854. The van der Waals surface area contributed by atoms with Crippen molar-refractivity contribution in [1.29, 1.82) is 0 Å². The van der Waals surface area contributed by atoms with Crippen molar-refractivity contribution >= 4 is 104 Å². The average Bonchev–Trinajstić information content (AvgIpc) is 3.77. The van der Waals surface area contributed by atoms with Crippen molar-refractivity contribution < 1.29 is 28.8 Å². The average molecular weight is 1130 g/mol. The molecule has 2 aliphatic carbocycles. The molecular formula is C57H78N10O6S4. The van der Waals surface area contributed by atoms with Crippen LogP contribution in [0.4, 0.5) is 5.69 Å². The van der Waals surface area contributed by atoms with E-state index in [0.29, 0.717) is 73.5 Å². The van der Waals surface area contributed by atoms with Gasteiger partial charge in [-0.3, -0.25) is 33.7 Å². The molecule has 3 aromatic carbocycles. The number of rotatable bonds is 14. The lowest BCUT2D eigenvalue weighted by molar-refractivity contribution is -0.143. The van der Waals surface area contributed by atoms with E-state index in [-0.39, 0.29) is 81.6 Å². The topological polar surface area (TPSA) is 205 Å². The van der Waals surface area contributed by atoms with Crippen LogP contribution in [0.2, 0.25) is 0 Å². The van der Waals surface area contributed by atoms with Gasteiger partial charge in [-0.15, -0.1) is 23.5 Å². The minimum atomic E-state index is -0.749. The number of benzene rings is 3. The fraction of sp³-hybridized carbons (Fsp3) is 0.596. The van der Waals surface area contributed by atoms with E-state index in [1.54, 1.807) is 29.8 Å². The summed E-state index contributed by atoms with van der Waals surface area (Å²) in [4.78, 5) is 89.9. The number of nitrogens with one attached hydrogen (secondary N) is 8. The highest BCUT2D eigenvalue weighted by molar-refractivity contribution is 8.23. The van der Waals surface area contributed by atoms with Gasteiger partial charge in [0.15, 0.2) is 0 Å². The van der Waals surface area contributed by atoms with Gasteiger partial charge in [-0.2, -0.15) is 0 Å². The van der Waals surface area contributed by atoms with Gasteiger partial charge in [0.05, 0.1) is 51.9 Å². The number of thioether (sulfide) groups is 3. The molecule has 4 heterocycles. The number of thiocarbonyl (C=S) groups is 1. The molecule has 6 amide bonds. The van der Waals surface area contributed by atoms with Gasteiger partial charge in [-0.05, 0) is 130 Å². The van der Waals surface area contributed by atoms with E-state index in [0.717, 1.165) is 46.2 Å². The van der Waals surface area contributed by atoms with Crippen LogP contribution in [-0.4, -0.2) is 141 Å². The van der Waals surface area contributed by atoms with Crippen LogP contribution in [0, 0.1) is 16.7 Å². The minimum absolute atomic E-state index is 0.0678. The Hall–Kier alpha value is -4.44. The largest absolute Gasteiger partial charge is 0.359 e. The van der Waals surface area contributed by atoms with Crippen LogP contribution >= 0.6 is 47.5 Å². The van der Waals surface area contributed by atoms with Crippen molar-refractivity contribution in [3.8, 4) is 0 Å². The summed E-state index contributed by atoms with van der Waals surface area (Å²) in [5, 5.41) is 27.6. The molecule has 16 nitrogen and oxygen atoms in total. The minimum Gasteiger partial charge on any atom is -0.359 e. The Morgan fingerprint density at radius 2 is 1.40 bits per heavy atom. The first kappa shape index (κ1) is 57.3. The molecule has 20 heteroatoms. The molecule has 8 N–H and O–H groups in total. The molecule has 3 aromatic rings. The highest BCUT2D eigenvalue weighted by atomic mass is 32.2. The number of hydrogen-bond acceptors (Lipinski definition) is 13. The normalized spacial score (nSPS) is 29.1. The smallest absolute Gasteiger partial charge is 0.253 e. The first-order valence-electron chi connectivity index (χ1n) is 27.6. The van der Waals surface area contributed by atoms with Crippen LogP contribution in [0.25, 0.3) is 10.8 Å². The zero-order valence-electron chi connectivity index (χ0n) is 45.5. The molecule has 9 rings (SSSR count). The van der Waals surface area contributed by atoms with Crippen LogP contribution < -0.4 is 42.5 Å². The molecule has 0 aromatic heterocycles. The summed E-state index contributed by atoms with van der Waals surface area (Å²) in [6, 6.07) is 16.7. The quantitative estimate of drug-likeness (QED) is 0.0664. The number of nitrogens with zero attached hydrogens (tertiary/aromatic N) is 2. The van der Waals surface area contributed by atoms with Crippen molar-refractivity contribution in [2.45, 2.75) is 157 Å². The molecule has 4 aliphatic heterocycles. The Labute approximate surface area is 472 Å². The van der Waals surface area contributed by atoms with E-state index in [4.69, 9.17) is 12.2 Å². The van der Waals surface area contributed by atoms with E-state index in [1.807, 2.05) is 74.3 Å². The van der Waals surface area contributed by atoms with Gasteiger partial charge in [-0.25, -0.2) is 0 Å². The van der Waals surface area contributed by atoms with Gasteiger partial charge in [0.1, 0.15) is 16.4 Å². The van der Waals surface area contributed by atoms with Crippen molar-refractivity contribution in [2.24, 2.45) is 16.7 Å². The molecule has 0 radical (unpaired) electrons. The van der Waals surface area contributed by atoms with Crippen LogP contribution in [0.3, 0.4) is 0 Å². The van der Waals surface area contributed by atoms with Gasteiger partial charge in [0, 0.05) is 30.1 Å². The van der Waals surface area contributed by atoms with Crippen molar-refractivity contribution in [3.05, 3.63) is 77.4 Å². The SMILES string of the molecule is CNCC(=O)N[C@H]1CCS[C@H]2CC(C)(C)[C@@H](C(=O)Nc3c(C(=O)N[C@H]4CC[C@H](NC(=O)[C@@H]5CCc6ccccc6[C@@H]5NC(=O)[C@H]5N6C(=O)[C@@H](NC(=S)S[C@H](C)NC)CCS[C@H]6CC5(C)C)CC4)ccc4ccccc34)N2C1. The van der Waals surface area contributed by atoms with Crippen LogP contribution in [0.5, 0.6) is 0 Å². The Morgan fingerprint density at radius 1 is 0.727 bits per heavy atom. The number of anilines is 1. The fourth-order valence-electron chi connectivity index (χ4n) is 12.9. The predicted octanol–water partition coefficient (Wildman–Crippen LogP) is 6.25. The summed E-state index contributed by atoms with van der Waals surface area (Å²) in [7, 11) is 3.61. The highest BCUT2D eigenvalue weighted by Gasteiger charge is 2.56. The van der Waals surface area contributed by atoms with Crippen LogP contribution in [0.1, 0.15) is 120 Å². The number of carbonyl (C=O) groups excluding carboxylic acids is 6. The Kier molecular flexibility index (Phi) is 18.2. The number of amides is 6. The van der Waals surface area contributed by atoms with E-state index in [2.05, 4.69) is 81.2 Å². The number of fused-ring (bicyclic) bond motifs is 4. The third-order valence-corrected chi connectivity index (χ3v) is 20.7. The molecule has 4 saturated heterocycles. The van der Waals surface area contributed by atoms with Gasteiger partial charge in [0.25, 0.3) is 5.91 Å². The second-order valence-electron chi connectivity index (χ2n) is 23.2. The number of hydrogen-bond donors (Lipinski definition) is 8. The van der Waals surface area contributed by atoms with Gasteiger partial charge in [-0.1, -0.05) is 106 Å². The van der Waals surface area contributed by atoms with Gasteiger partial charge < -0.3 is 47.4 Å². The number of aryl methyl sites for hydroxylation is 1. The summed E-state index contributed by atoms with van der Waals surface area (Å²) in [5.41, 5.74) is 1.98. The Morgan fingerprint density at radius 3 is 2.16 bits per heavy atom. The molecule has 5 fully saturated rings. The molecule has 0 spiro atoms. The van der Waals surface area contributed by atoms with Crippen molar-refractivity contribution in [2.75, 3.05) is 44.0 Å². The molecule has 0 unspecified atom stereocenters. The lowest BCUT2D eigenvalue weighted by Crippen LogP contribution is -2.58. The number of likely N-dealkylation sites (N-methyl/N-ethyl adjacent to an activating group) is 1. The molecule has 77 heavy (non-hydrogen) atoms. The van der Waals surface area contributed by atoms with E-state index >= 15 is 0 Å². The maximum absolute atomic E-state index is 14.9. The van der Waals surface area contributed by atoms with Gasteiger partial charge in [0.2, 0.25) is 29.5 Å². The second kappa shape index (κ2) is 24.5. The summed E-state index contributed by atoms with van der Waals surface area (Å²) in [6.45, 7) is 11.2. The molecule has 416 valence electrons. The lowest BCUT2D eigenvalue weighted by atomic mass is 9.78. The monoisotopic (exact) mass is 1130 g/mol. The first-order chi connectivity index (χ1) is 36.8. The molecular weight excluding hydrogens is 1050 g/mol. The Bertz CT molecular complexity index is 2720. The standard InChI is InChI=1S/C57H78N10O6S4/c1-32(59-7)77-55(74)63-42-25-27-76-45-29-57(4,5)49(67(45)54(42)73)53(72)65-47-39-15-11-9-13-34(39)17-23-41(47)51(70)62-36-20-18-35(19-21-36)61-50(69)40-22-16-33-12-8-10-14-38(33)46(40)64-52(71)48-56(2,3)28-44-66(48)31-37(24-26-75-44)60-43(68)30-58-6/h8-16,22,32,35-37,41-42,44-45,47-49,58-59H,17-21,23-31H2,1-7H3,(H,60,68)(H,61,69)(H,62,70)(H,63,74)(H,64,71)(H,65,72)/t32-,35-,36-,37+,41-,42+,44+,45+,47+,48-,49-/m1/s1. The fourth-order valence-corrected chi connectivity index (χ4v) is 17.3. The van der Waals surface area contributed by atoms with Crippen LogP contribution in [0.15, 0.2) is 60.7 Å². The third kappa shape index (κ3) is 12.8. The predicted molar refractivity (Wildman–Crippen MR) is 315 cm³/mol. The molecule has 0 bridgehead atoms. The number of carbonyl (C=O) groups is 6. The third-order valence-electron chi connectivity index (χ3n) is 16.8. The second-order valence-corrected chi connectivity index (χ2v) is 27.8. The summed E-state index contributed by atoms with van der Waals surface area (Å²) in [5.74, 6) is 0.0750. The van der Waals surface area contributed by atoms with Crippen molar-refractivity contribution in [1.82, 2.24) is 47.0 Å². The maximum atomic E-state index is 14.9. The summed E-state index contributed by atoms with van der Waals surface area (Å²) in [6.07, 6.45) is 6.73. The maximum Gasteiger partial charge on any atom is 0.253 e. The zero-order chi connectivity index (χ0) is 54.8. The molecule has 9 atom stereocenters. The summed E-state index contributed by atoms with van der Waals surface area (Å²) >= 11 is 10.7. The van der Waals surface area contributed by atoms with E-state index in [1.165, 1.54) is 11.8 Å². The molecule has 1 saturated carbocycles. The lowest BCUT2D eigenvalue weighted by Gasteiger charge is -2.39. The van der Waals surface area contributed by atoms with E-state index < -0.39 is 35.5 Å². The van der Waals surface area contributed by atoms with E-state index in [9.17, 15) is 28.8 Å². The zero-order valence-corrected chi connectivity index (χ0v) is 48.8. The summed E-state index contributed by atoms with van der Waals surface area (Å²) < 4.78 is 0.537. The van der Waals surface area contributed by atoms with Gasteiger partial charge >= 0.3 is 0 Å².